The van der Waals surface area contributed by atoms with Crippen LogP contribution in [0.25, 0.3) is 28.7 Å². The van der Waals surface area contributed by atoms with Crippen molar-refractivity contribution in [3.05, 3.63) is 36.8 Å². The van der Waals surface area contributed by atoms with Crippen molar-refractivity contribution in [3.8, 4) is 22.9 Å². The summed E-state index contributed by atoms with van der Waals surface area (Å²) in [5.74, 6) is -1.38. The Balaban J connectivity index is 1.55. The zero-order valence-corrected chi connectivity index (χ0v) is 20.9. The van der Waals surface area contributed by atoms with Gasteiger partial charge in [0, 0.05) is 18.6 Å². The Hall–Kier alpha value is -5.55. The number of aromatic nitrogens is 8. The topological polar surface area (TPSA) is 224 Å². The number of fused-ring (bicyclic) bond motifs is 1. The predicted octanol–water partition coefficient (Wildman–Crippen LogP) is 1.33. The molecule has 18 nitrogen and oxygen atoms in total. The van der Waals surface area contributed by atoms with E-state index in [1.54, 1.807) is 36.0 Å². The van der Waals surface area contributed by atoms with Crippen molar-refractivity contribution >= 4 is 30.0 Å². The van der Waals surface area contributed by atoms with Crippen LogP contribution in [0.5, 0.6) is 0 Å². The first-order valence-corrected chi connectivity index (χ1v) is 11.5. The van der Waals surface area contributed by atoms with Gasteiger partial charge in [0.15, 0.2) is 19.3 Å². The zero-order chi connectivity index (χ0) is 28.6. The number of hydrogen-bond donors (Lipinski definition) is 2. The monoisotopic (exact) mass is 558 g/mol. The van der Waals surface area contributed by atoms with E-state index in [0.29, 0.717) is 28.7 Å². The molecule has 18 heteroatoms. The number of rotatable bonds is 12. The highest BCUT2D eigenvalue weighted by atomic mass is 16.7. The highest BCUT2D eigenvalue weighted by molar-refractivity contribution is 5.76. The van der Waals surface area contributed by atoms with Crippen LogP contribution in [0, 0.1) is 6.92 Å². The van der Waals surface area contributed by atoms with Crippen LogP contribution in [-0.2, 0) is 42.0 Å². The van der Waals surface area contributed by atoms with Crippen LogP contribution >= 0.6 is 0 Å². The maximum absolute atomic E-state index is 11.9. The lowest BCUT2D eigenvalue weighted by molar-refractivity contribution is -0.139. The number of nitrogens with zero attached hydrogens (tertiary/aromatic N) is 8. The van der Waals surface area contributed by atoms with Gasteiger partial charge in [-0.2, -0.15) is 5.10 Å². The Labute approximate surface area is 223 Å². The van der Waals surface area contributed by atoms with E-state index in [1.807, 2.05) is 0 Å². The average molecular weight is 558 g/mol. The van der Waals surface area contributed by atoms with Crippen molar-refractivity contribution in [1.82, 2.24) is 38.7 Å². The van der Waals surface area contributed by atoms with Crippen molar-refractivity contribution in [2.24, 2.45) is 0 Å². The van der Waals surface area contributed by atoms with E-state index in [2.05, 4.69) is 29.8 Å². The normalized spacial score (nSPS) is 10.8. The lowest BCUT2D eigenvalue weighted by atomic mass is 10.2. The first-order chi connectivity index (χ1) is 19.2. The van der Waals surface area contributed by atoms with Gasteiger partial charge in [-0.1, -0.05) is 0 Å². The Morgan fingerprint density at radius 3 is 2.25 bits per heavy atom. The Morgan fingerprint density at radius 1 is 0.900 bits per heavy atom. The fourth-order valence-corrected chi connectivity index (χ4v) is 3.33. The van der Waals surface area contributed by atoms with E-state index in [-0.39, 0.29) is 38.6 Å². The number of aryl methyl sites for hydroxylation is 1. The van der Waals surface area contributed by atoms with Gasteiger partial charge >= 0.3 is 24.2 Å². The zero-order valence-electron chi connectivity index (χ0n) is 20.9. The molecule has 0 aliphatic carbocycles. The van der Waals surface area contributed by atoms with Gasteiger partial charge in [-0.25, -0.2) is 34.2 Å². The van der Waals surface area contributed by atoms with Gasteiger partial charge in [-0.3, -0.25) is 14.0 Å². The second kappa shape index (κ2) is 12.3. The molecule has 0 spiro atoms. The van der Waals surface area contributed by atoms with Gasteiger partial charge in [0.05, 0.1) is 19.2 Å². The molecule has 0 saturated heterocycles. The third-order valence-corrected chi connectivity index (χ3v) is 4.98. The Morgan fingerprint density at radius 2 is 1.57 bits per heavy atom. The van der Waals surface area contributed by atoms with Crippen molar-refractivity contribution in [3.63, 3.8) is 0 Å². The van der Waals surface area contributed by atoms with Crippen molar-refractivity contribution in [1.29, 1.82) is 0 Å². The standard InChI is InChI=1S/C22H22N8O10/c1-13-25-19(30(27-13)12-40-22(36)38-8-4-16(33)34)17-18(29-6-2-5-23-20(29)26-17)14-9-28(10-24-14)11-39-21(35)37-7-3-15(31)32/h2,5-6,9-10H,3-4,7-8,11-12H2,1H3,(H,31,32)(H,33,34). The van der Waals surface area contributed by atoms with Crippen LogP contribution in [-0.4, -0.2) is 86.4 Å². The van der Waals surface area contributed by atoms with Crippen molar-refractivity contribution in [2.75, 3.05) is 13.2 Å². The molecule has 0 fully saturated rings. The van der Waals surface area contributed by atoms with Crippen LogP contribution in [0.15, 0.2) is 31.0 Å². The molecule has 0 bridgehead atoms. The smallest absolute Gasteiger partial charge is 0.481 e. The minimum Gasteiger partial charge on any atom is -0.481 e. The Kier molecular flexibility index (Phi) is 8.47. The number of carboxylic acids is 2. The average Bonchev–Trinajstić information content (AvgIpc) is 3.61. The minimum atomic E-state index is -1.13. The maximum Gasteiger partial charge on any atom is 0.510 e. The van der Waals surface area contributed by atoms with Crippen LogP contribution in [0.1, 0.15) is 18.7 Å². The van der Waals surface area contributed by atoms with Gasteiger partial charge < -0.3 is 33.7 Å². The SMILES string of the molecule is Cc1nc(-c2nc3ncccn3c2-c2cn(COC(=O)OCCC(=O)O)cn2)n(COC(=O)OCCC(=O)O)n1. The predicted molar refractivity (Wildman–Crippen MR) is 127 cm³/mol. The van der Waals surface area contributed by atoms with E-state index < -0.39 is 31.0 Å². The van der Waals surface area contributed by atoms with Gasteiger partial charge in [0.2, 0.25) is 5.78 Å². The first-order valence-electron chi connectivity index (χ1n) is 11.5. The van der Waals surface area contributed by atoms with E-state index in [0.717, 1.165) is 0 Å². The summed E-state index contributed by atoms with van der Waals surface area (Å²) in [7, 11) is 0. The summed E-state index contributed by atoms with van der Waals surface area (Å²) in [6, 6.07) is 1.68. The number of aliphatic carboxylic acids is 2. The molecule has 0 aliphatic heterocycles. The summed E-state index contributed by atoms with van der Waals surface area (Å²) in [4.78, 5) is 62.3. The van der Waals surface area contributed by atoms with E-state index in [1.165, 1.54) is 15.6 Å². The molecule has 4 aromatic heterocycles. The summed E-state index contributed by atoms with van der Waals surface area (Å²) in [5.41, 5.74) is 1.13. The quantitative estimate of drug-likeness (QED) is 0.234. The van der Waals surface area contributed by atoms with Crippen molar-refractivity contribution < 1.29 is 48.3 Å². The molecule has 0 saturated carbocycles. The molecular weight excluding hydrogens is 536 g/mol. The van der Waals surface area contributed by atoms with Crippen LogP contribution < -0.4 is 0 Å². The molecule has 210 valence electrons. The van der Waals surface area contributed by atoms with Crippen molar-refractivity contribution in [2.45, 2.75) is 33.2 Å². The Bertz CT molecular complexity index is 1540. The minimum absolute atomic E-state index is 0.212. The number of ether oxygens (including phenoxy) is 4. The molecule has 40 heavy (non-hydrogen) atoms. The van der Waals surface area contributed by atoms with Gasteiger partial charge in [-0.15, -0.1) is 0 Å². The second-order valence-corrected chi connectivity index (χ2v) is 7.89. The van der Waals surface area contributed by atoms with E-state index >= 15 is 0 Å². The summed E-state index contributed by atoms with van der Waals surface area (Å²) in [6.07, 6.45) is 3.36. The second-order valence-electron chi connectivity index (χ2n) is 7.89. The molecular formula is C22H22N8O10. The lowest BCUT2D eigenvalue weighted by Gasteiger charge is -2.08. The molecule has 0 radical (unpaired) electrons. The molecule has 0 atom stereocenters. The molecule has 0 amide bonds. The van der Waals surface area contributed by atoms with Gasteiger partial charge in [0.25, 0.3) is 0 Å². The highest BCUT2D eigenvalue weighted by Crippen LogP contribution is 2.30. The largest absolute Gasteiger partial charge is 0.510 e. The summed E-state index contributed by atoms with van der Waals surface area (Å²) >= 11 is 0. The number of carboxylic acid groups (broad SMARTS) is 2. The van der Waals surface area contributed by atoms with E-state index in [9.17, 15) is 19.2 Å². The summed E-state index contributed by atoms with van der Waals surface area (Å²) in [6.45, 7) is 0.267. The molecule has 4 aromatic rings. The molecule has 2 N–H and O–H groups in total. The number of hydrogen-bond acceptors (Lipinski definition) is 13. The highest BCUT2D eigenvalue weighted by Gasteiger charge is 2.24. The third kappa shape index (κ3) is 6.85. The van der Waals surface area contributed by atoms with E-state index in [4.69, 9.17) is 24.4 Å². The van der Waals surface area contributed by atoms with Crippen LogP contribution in [0.4, 0.5) is 9.59 Å². The molecule has 0 unspecified atom stereocenters. The van der Waals surface area contributed by atoms with Crippen LogP contribution in [0.3, 0.4) is 0 Å². The maximum atomic E-state index is 11.9. The molecule has 0 aliphatic rings. The molecule has 4 heterocycles. The molecule has 0 aromatic carbocycles. The molecule has 4 rings (SSSR count). The fraction of sp³-hybridized carbons (Fsp3) is 0.318. The lowest BCUT2D eigenvalue weighted by Crippen LogP contribution is -2.15. The van der Waals surface area contributed by atoms with Gasteiger partial charge in [-0.05, 0) is 13.0 Å². The van der Waals surface area contributed by atoms with Crippen LogP contribution in [0.2, 0.25) is 0 Å². The summed E-state index contributed by atoms with van der Waals surface area (Å²) in [5, 5.41) is 21.5. The first kappa shape index (κ1) is 27.5. The third-order valence-electron chi connectivity index (χ3n) is 4.98. The van der Waals surface area contributed by atoms with Gasteiger partial charge in [0.1, 0.15) is 36.1 Å². The number of carbonyl (C=O) groups is 4. The number of carbonyl (C=O) groups excluding carboxylic acids is 2. The number of imidazole rings is 2. The summed E-state index contributed by atoms with van der Waals surface area (Å²) < 4.78 is 23.8. The fourth-order valence-electron chi connectivity index (χ4n) is 3.33.